The highest BCUT2D eigenvalue weighted by Gasteiger charge is 2.16. The van der Waals surface area contributed by atoms with Gasteiger partial charge in [0, 0.05) is 11.6 Å². The summed E-state index contributed by atoms with van der Waals surface area (Å²) in [5.74, 6) is -0.0391. The van der Waals surface area contributed by atoms with Crippen LogP contribution in [0.5, 0.6) is 0 Å². The second-order valence-corrected chi connectivity index (χ2v) is 7.33. The lowest BCUT2D eigenvalue weighted by molar-refractivity contribution is -0.120. The van der Waals surface area contributed by atoms with Crippen molar-refractivity contribution in [1.82, 2.24) is 15.5 Å². The fourth-order valence-electron chi connectivity index (χ4n) is 1.50. The van der Waals surface area contributed by atoms with Gasteiger partial charge in [0.25, 0.3) is 0 Å². The van der Waals surface area contributed by atoms with Crippen LogP contribution in [0.15, 0.2) is 28.6 Å². The predicted molar refractivity (Wildman–Crippen MR) is 83.3 cm³/mol. The van der Waals surface area contributed by atoms with E-state index in [0.717, 1.165) is 14.9 Å². The van der Waals surface area contributed by atoms with Crippen molar-refractivity contribution < 1.29 is 4.79 Å². The molecule has 1 amide bonds. The van der Waals surface area contributed by atoms with Crippen LogP contribution in [0.3, 0.4) is 0 Å². The number of halogens is 1. The Bertz CT molecular complexity index is 603. The van der Waals surface area contributed by atoms with Crippen molar-refractivity contribution in [2.75, 3.05) is 0 Å². The molecule has 7 heteroatoms. The average molecular weight is 328 g/mol. The van der Waals surface area contributed by atoms with E-state index in [4.69, 9.17) is 11.6 Å². The summed E-state index contributed by atoms with van der Waals surface area (Å²) in [5.41, 5.74) is 0.909. The normalized spacial score (nSPS) is 12.2. The lowest BCUT2D eigenvalue weighted by atomic mass is 10.2. The van der Waals surface area contributed by atoms with E-state index in [1.807, 2.05) is 38.1 Å². The molecule has 106 valence electrons. The molecule has 0 saturated carbocycles. The van der Waals surface area contributed by atoms with Crippen LogP contribution < -0.4 is 5.32 Å². The zero-order chi connectivity index (χ0) is 14.5. The summed E-state index contributed by atoms with van der Waals surface area (Å²) in [6, 6.07) is 7.47. The predicted octanol–water partition coefficient (Wildman–Crippen LogP) is 3.30. The van der Waals surface area contributed by atoms with Gasteiger partial charge in [-0.3, -0.25) is 4.79 Å². The van der Waals surface area contributed by atoms with Gasteiger partial charge in [-0.25, -0.2) is 0 Å². The number of amides is 1. The van der Waals surface area contributed by atoms with Gasteiger partial charge in [-0.1, -0.05) is 52.9 Å². The number of thioether (sulfide) groups is 1. The van der Waals surface area contributed by atoms with Gasteiger partial charge < -0.3 is 5.32 Å². The van der Waals surface area contributed by atoms with E-state index in [1.165, 1.54) is 23.1 Å². The first-order valence-electron chi connectivity index (χ1n) is 6.04. The molecule has 1 unspecified atom stereocenters. The molecule has 2 rings (SSSR count). The first-order chi connectivity index (χ1) is 9.56. The first-order valence-corrected chi connectivity index (χ1v) is 8.11. The maximum Gasteiger partial charge on any atom is 0.233 e. The average Bonchev–Trinajstić information content (AvgIpc) is 2.82. The summed E-state index contributed by atoms with van der Waals surface area (Å²) >= 11 is 8.95. The standard InChI is InChI=1S/C13H14ClN3OS2/c1-8(19-13-17-16-9(2)20-13)12(18)15-7-10-5-3-4-6-11(10)14/h3-6,8H,7H2,1-2H3,(H,15,18). The molecule has 0 saturated heterocycles. The molecule has 1 heterocycles. The number of hydrogen-bond donors (Lipinski definition) is 1. The molecule has 0 aliphatic heterocycles. The molecule has 0 bridgehead atoms. The highest BCUT2D eigenvalue weighted by Crippen LogP contribution is 2.26. The van der Waals surface area contributed by atoms with Crippen molar-refractivity contribution in [2.45, 2.75) is 30.0 Å². The number of aryl methyl sites for hydroxylation is 1. The molecule has 1 N–H and O–H groups in total. The molecule has 20 heavy (non-hydrogen) atoms. The van der Waals surface area contributed by atoms with Crippen LogP contribution in [0.4, 0.5) is 0 Å². The topological polar surface area (TPSA) is 54.9 Å². The molecule has 0 aliphatic carbocycles. The Morgan fingerprint density at radius 2 is 2.20 bits per heavy atom. The Morgan fingerprint density at radius 1 is 1.45 bits per heavy atom. The molecule has 0 aliphatic rings. The van der Waals surface area contributed by atoms with Crippen LogP contribution in [0.1, 0.15) is 17.5 Å². The van der Waals surface area contributed by atoms with Gasteiger partial charge in [0.15, 0.2) is 4.34 Å². The second kappa shape index (κ2) is 7.06. The van der Waals surface area contributed by atoms with E-state index in [1.54, 1.807) is 0 Å². The number of benzene rings is 1. The Labute approximate surface area is 130 Å². The van der Waals surface area contributed by atoms with E-state index in [0.29, 0.717) is 11.6 Å². The van der Waals surface area contributed by atoms with Crippen molar-refractivity contribution in [3.05, 3.63) is 39.9 Å². The van der Waals surface area contributed by atoms with E-state index < -0.39 is 0 Å². The molecule has 1 aromatic heterocycles. The summed E-state index contributed by atoms with van der Waals surface area (Å²) in [5, 5.41) is 12.2. The Balaban J connectivity index is 1.87. The summed E-state index contributed by atoms with van der Waals surface area (Å²) in [4.78, 5) is 12.0. The number of carbonyl (C=O) groups is 1. The minimum Gasteiger partial charge on any atom is -0.351 e. The summed E-state index contributed by atoms with van der Waals surface area (Å²) in [6.45, 7) is 4.17. The highest BCUT2D eigenvalue weighted by molar-refractivity contribution is 8.02. The lowest BCUT2D eigenvalue weighted by Crippen LogP contribution is -2.30. The number of aromatic nitrogens is 2. The van der Waals surface area contributed by atoms with Gasteiger partial charge in [-0.2, -0.15) is 0 Å². The minimum absolute atomic E-state index is 0.0391. The largest absolute Gasteiger partial charge is 0.351 e. The van der Waals surface area contributed by atoms with Gasteiger partial charge in [0.1, 0.15) is 5.01 Å². The Kier molecular flexibility index (Phi) is 5.39. The summed E-state index contributed by atoms with van der Waals surface area (Å²) < 4.78 is 0.808. The molecule has 0 radical (unpaired) electrons. The van der Waals surface area contributed by atoms with Crippen LogP contribution in [0, 0.1) is 6.92 Å². The van der Waals surface area contributed by atoms with Crippen molar-refractivity contribution in [3.8, 4) is 0 Å². The summed E-state index contributed by atoms with van der Waals surface area (Å²) in [6.07, 6.45) is 0. The molecule has 1 aromatic carbocycles. The third kappa shape index (κ3) is 4.19. The monoisotopic (exact) mass is 327 g/mol. The summed E-state index contributed by atoms with van der Waals surface area (Å²) in [7, 11) is 0. The molecule has 1 atom stereocenters. The van der Waals surface area contributed by atoms with Gasteiger partial charge in [0.05, 0.1) is 5.25 Å². The molecule has 2 aromatic rings. The molecule has 4 nitrogen and oxygen atoms in total. The van der Waals surface area contributed by atoms with Crippen LogP contribution in [-0.4, -0.2) is 21.4 Å². The SMILES string of the molecule is Cc1nnc(SC(C)C(=O)NCc2ccccc2Cl)s1. The quantitative estimate of drug-likeness (QED) is 0.856. The molecular weight excluding hydrogens is 314 g/mol. The van der Waals surface area contributed by atoms with E-state index in [2.05, 4.69) is 15.5 Å². The molecule has 0 spiro atoms. The maximum atomic E-state index is 12.0. The van der Waals surface area contributed by atoms with Crippen molar-refractivity contribution in [2.24, 2.45) is 0 Å². The number of rotatable bonds is 5. The van der Waals surface area contributed by atoms with Crippen LogP contribution in [0.25, 0.3) is 0 Å². The number of hydrogen-bond acceptors (Lipinski definition) is 5. The van der Waals surface area contributed by atoms with Crippen LogP contribution in [-0.2, 0) is 11.3 Å². The number of nitrogens with one attached hydrogen (secondary N) is 1. The third-order valence-electron chi connectivity index (χ3n) is 2.57. The van der Waals surface area contributed by atoms with E-state index in [-0.39, 0.29) is 11.2 Å². The fraction of sp³-hybridized carbons (Fsp3) is 0.308. The van der Waals surface area contributed by atoms with Gasteiger partial charge in [-0.15, -0.1) is 10.2 Å². The zero-order valence-electron chi connectivity index (χ0n) is 11.1. The maximum absolute atomic E-state index is 12.0. The second-order valence-electron chi connectivity index (χ2n) is 4.16. The Hall–Kier alpha value is -1.11. The van der Waals surface area contributed by atoms with Gasteiger partial charge >= 0.3 is 0 Å². The first kappa shape index (κ1) is 15.3. The van der Waals surface area contributed by atoms with Crippen LogP contribution >= 0.6 is 34.7 Å². The van der Waals surface area contributed by atoms with Crippen LogP contribution in [0.2, 0.25) is 5.02 Å². The number of nitrogens with zero attached hydrogens (tertiary/aromatic N) is 2. The van der Waals surface area contributed by atoms with Gasteiger partial charge in [0.2, 0.25) is 5.91 Å². The smallest absolute Gasteiger partial charge is 0.233 e. The van der Waals surface area contributed by atoms with E-state index >= 15 is 0 Å². The third-order valence-corrected chi connectivity index (χ3v) is 4.96. The Morgan fingerprint density at radius 3 is 2.85 bits per heavy atom. The van der Waals surface area contributed by atoms with E-state index in [9.17, 15) is 4.79 Å². The lowest BCUT2D eigenvalue weighted by Gasteiger charge is -2.11. The zero-order valence-corrected chi connectivity index (χ0v) is 13.5. The number of carbonyl (C=O) groups excluding carboxylic acids is 1. The van der Waals surface area contributed by atoms with Crippen molar-refractivity contribution >= 4 is 40.6 Å². The molecular formula is C13H14ClN3OS2. The highest BCUT2D eigenvalue weighted by atomic mass is 35.5. The fourth-order valence-corrected chi connectivity index (χ4v) is 3.69. The minimum atomic E-state index is -0.218. The molecule has 0 fully saturated rings. The van der Waals surface area contributed by atoms with Crippen molar-refractivity contribution in [1.29, 1.82) is 0 Å². The van der Waals surface area contributed by atoms with Crippen molar-refractivity contribution in [3.63, 3.8) is 0 Å². The van der Waals surface area contributed by atoms with Gasteiger partial charge in [-0.05, 0) is 25.5 Å².